The van der Waals surface area contributed by atoms with Gasteiger partial charge in [-0.2, -0.15) is 0 Å². The Morgan fingerprint density at radius 2 is 1.72 bits per heavy atom. The third-order valence-electron chi connectivity index (χ3n) is 6.76. The van der Waals surface area contributed by atoms with Gasteiger partial charge in [-0.25, -0.2) is 0 Å². The minimum Gasteiger partial charge on any atom is -0.484 e. The SMILES string of the molecule is O=C(COc1ccc(Cl)cc1)Nc1cccc(-c2cc3c(o2)CCN(C(=O)c2ccc4ccccc4c2)C3)c1. The van der Waals surface area contributed by atoms with Gasteiger partial charge in [0.15, 0.2) is 6.61 Å². The summed E-state index contributed by atoms with van der Waals surface area (Å²) in [6.45, 7) is 0.959. The molecular formula is C32H25ClN2O4. The van der Waals surface area contributed by atoms with Gasteiger partial charge in [0.2, 0.25) is 0 Å². The normalized spacial score (nSPS) is 12.7. The van der Waals surface area contributed by atoms with Gasteiger partial charge < -0.3 is 19.4 Å². The summed E-state index contributed by atoms with van der Waals surface area (Å²) in [6.07, 6.45) is 0.646. The van der Waals surface area contributed by atoms with E-state index in [9.17, 15) is 9.59 Å². The lowest BCUT2D eigenvalue weighted by Gasteiger charge is -2.26. The first kappa shape index (κ1) is 24.8. The van der Waals surface area contributed by atoms with E-state index in [1.807, 2.05) is 77.7 Å². The zero-order chi connectivity index (χ0) is 26.8. The molecule has 0 bridgehead atoms. The Morgan fingerprint density at radius 1 is 0.897 bits per heavy atom. The Kier molecular flexibility index (Phi) is 6.78. The molecule has 0 saturated heterocycles. The molecule has 1 aliphatic heterocycles. The highest BCUT2D eigenvalue weighted by atomic mass is 35.5. The number of hydrogen-bond acceptors (Lipinski definition) is 4. The fraction of sp³-hybridized carbons (Fsp3) is 0.125. The standard InChI is InChI=1S/C32H25ClN2O4/c33-26-10-12-28(13-11-26)38-20-31(36)34-27-7-3-6-23(17-27)30-18-25-19-35(15-14-29(25)39-30)32(37)24-9-8-21-4-1-2-5-22(21)16-24/h1-13,16-18H,14-15,19-20H2,(H,34,36). The molecule has 1 aromatic heterocycles. The van der Waals surface area contributed by atoms with E-state index >= 15 is 0 Å². The number of fused-ring (bicyclic) bond motifs is 2. The summed E-state index contributed by atoms with van der Waals surface area (Å²) in [5.41, 5.74) is 3.16. The van der Waals surface area contributed by atoms with Gasteiger partial charge >= 0.3 is 0 Å². The van der Waals surface area contributed by atoms with Crippen LogP contribution < -0.4 is 10.1 Å². The van der Waals surface area contributed by atoms with Gasteiger partial charge in [0, 0.05) is 46.9 Å². The van der Waals surface area contributed by atoms with Crippen molar-refractivity contribution in [3.05, 3.63) is 119 Å². The Labute approximate surface area is 230 Å². The highest BCUT2D eigenvalue weighted by Gasteiger charge is 2.25. The van der Waals surface area contributed by atoms with Gasteiger partial charge in [-0.3, -0.25) is 9.59 Å². The molecular weight excluding hydrogens is 512 g/mol. The molecule has 2 heterocycles. The highest BCUT2D eigenvalue weighted by molar-refractivity contribution is 6.30. The molecule has 4 aromatic carbocycles. The number of carbonyl (C=O) groups excluding carboxylic acids is 2. The van der Waals surface area contributed by atoms with Crippen molar-refractivity contribution in [2.24, 2.45) is 0 Å². The van der Waals surface area contributed by atoms with Crippen LogP contribution in [0.3, 0.4) is 0 Å². The van der Waals surface area contributed by atoms with Crippen molar-refractivity contribution in [1.29, 1.82) is 0 Å². The summed E-state index contributed by atoms with van der Waals surface area (Å²) in [5, 5.41) is 5.63. The summed E-state index contributed by atoms with van der Waals surface area (Å²) in [4.78, 5) is 27.6. The number of halogens is 1. The van der Waals surface area contributed by atoms with E-state index in [-0.39, 0.29) is 18.4 Å². The van der Waals surface area contributed by atoms with E-state index in [2.05, 4.69) is 5.32 Å². The number of nitrogens with one attached hydrogen (secondary N) is 1. The average Bonchev–Trinajstić information content (AvgIpc) is 3.40. The van der Waals surface area contributed by atoms with Crippen molar-refractivity contribution in [2.45, 2.75) is 13.0 Å². The minimum absolute atomic E-state index is 0.0136. The summed E-state index contributed by atoms with van der Waals surface area (Å²) >= 11 is 5.88. The van der Waals surface area contributed by atoms with E-state index in [0.29, 0.717) is 47.3 Å². The second-order valence-electron chi connectivity index (χ2n) is 9.47. The Balaban J connectivity index is 1.12. The van der Waals surface area contributed by atoms with Crippen molar-refractivity contribution in [3.63, 3.8) is 0 Å². The van der Waals surface area contributed by atoms with Crippen molar-refractivity contribution in [3.8, 4) is 17.1 Å². The van der Waals surface area contributed by atoms with Gasteiger partial charge in [0.05, 0.1) is 0 Å². The summed E-state index contributed by atoms with van der Waals surface area (Å²) < 4.78 is 11.7. The zero-order valence-corrected chi connectivity index (χ0v) is 21.8. The molecule has 0 radical (unpaired) electrons. The maximum absolute atomic E-state index is 13.3. The van der Waals surface area contributed by atoms with Gasteiger partial charge in [-0.05, 0) is 65.4 Å². The molecule has 5 aromatic rings. The van der Waals surface area contributed by atoms with Crippen molar-refractivity contribution < 1.29 is 18.7 Å². The number of rotatable bonds is 6. The fourth-order valence-electron chi connectivity index (χ4n) is 4.78. The summed E-state index contributed by atoms with van der Waals surface area (Å²) in [6, 6.07) is 30.2. The first-order chi connectivity index (χ1) is 19.0. The van der Waals surface area contributed by atoms with E-state index in [1.165, 1.54) is 0 Å². The molecule has 0 aliphatic carbocycles. The van der Waals surface area contributed by atoms with Crippen LogP contribution in [0.15, 0.2) is 101 Å². The zero-order valence-electron chi connectivity index (χ0n) is 21.0. The minimum atomic E-state index is -0.274. The average molecular weight is 537 g/mol. The molecule has 1 aliphatic rings. The van der Waals surface area contributed by atoms with Gasteiger partial charge in [-0.1, -0.05) is 54.1 Å². The number of furan rings is 1. The van der Waals surface area contributed by atoms with Crippen LogP contribution in [-0.2, 0) is 17.8 Å². The molecule has 7 heteroatoms. The third kappa shape index (κ3) is 5.52. The van der Waals surface area contributed by atoms with Gasteiger partial charge in [0.1, 0.15) is 17.3 Å². The molecule has 194 valence electrons. The number of anilines is 1. The maximum atomic E-state index is 13.3. The maximum Gasteiger partial charge on any atom is 0.262 e. The predicted octanol–water partition coefficient (Wildman–Crippen LogP) is 6.97. The lowest BCUT2D eigenvalue weighted by Crippen LogP contribution is -2.35. The van der Waals surface area contributed by atoms with Crippen LogP contribution in [0.1, 0.15) is 21.7 Å². The highest BCUT2D eigenvalue weighted by Crippen LogP contribution is 2.31. The van der Waals surface area contributed by atoms with Crippen LogP contribution in [0, 0.1) is 0 Å². The number of amides is 2. The Morgan fingerprint density at radius 3 is 2.56 bits per heavy atom. The van der Waals surface area contributed by atoms with E-state index < -0.39 is 0 Å². The molecule has 2 amide bonds. The number of carbonyl (C=O) groups is 2. The lowest BCUT2D eigenvalue weighted by atomic mass is 10.0. The fourth-order valence-corrected chi connectivity index (χ4v) is 4.91. The monoisotopic (exact) mass is 536 g/mol. The summed E-state index contributed by atoms with van der Waals surface area (Å²) in [5.74, 6) is 1.90. The first-order valence-electron chi connectivity index (χ1n) is 12.7. The third-order valence-corrected chi connectivity index (χ3v) is 7.02. The molecule has 39 heavy (non-hydrogen) atoms. The molecule has 1 N–H and O–H groups in total. The lowest BCUT2D eigenvalue weighted by molar-refractivity contribution is -0.118. The van der Waals surface area contributed by atoms with Crippen LogP contribution >= 0.6 is 11.6 Å². The number of nitrogens with zero attached hydrogens (tertiary/aromatic N) is 1. The van der Waals surface area contributed by atoms with Gasteiger partial charge in [-0.15, -0.1) is 0 Å². The quantitative estimate of drug-likeness (QED) is 0.254. The second kappa shape index (κ2) is 10.7. The van der Waals surface area contributed by atoms with Crippen LogP contribution in [0.4, 0.5) is 5.69 Å². The predicted molar refractivity (Wildman–Crippen MR) is 152 cm³/mol. The van der Waals surface area contributed by atoms with Crippen LogP contribution in [0.5, 0.6) is 5.75 Å². The topological polar surface area (TPSA) is 71.8 Å². The van der Waals surface area contributed by atoms with E-state index in [0.717, 1.165) is 27.7 Å². The van der Waals surface area contributed by atoms with Crippen molar-refractivity contribution in [2.75, 3.05) is 18.5 Å². The molecule has 0 atom stereocenters. The van der Waals surface area contributed by atoms with Crippen LogP contribution in [0.25, 0.3) is 22.1 Å². The molecule has 0 unspecified atom stereocenters. The summed E-state index contributed by atoms with van der Waals surface area (Å²) in [7, 11) is 0. The van der Waals surface area contributed by atoms with Crippen molar-refractivity contribution in [1.82, 2.24) is 4.90 Å². The number of benzene rings is 4. The van der Waals surface area contributed by atoms with Crippen molar-refractivity contribution >= 4 is 39.9 Å². The second-order valence-corrected chi connectivity index (χ2v) is 9.91. The number of ether oxygens (including phenoxy) is 1. The Hall–Kier alpha value is -4.55. The molecule has 0 fully saturated rings. The van der Waals surface area contributed by atoms with Crippen LogP contribution in [0.2, 0.25) is 5.02 Å². The largest absolute Gasteiger partial charge is 0.484 e. The molecule has 6 rings (SSSR count). The number of hydrogen-bond donors (Lipinski definition) is 1. The molecule has 0 spiro atoms. The smallest absolute Gasteiger partial charge is 0.262 e. The van der Waals surface area contributed by atoms with Gasteiger partial charge in [0.25, 0.3) is 11.8 Å². The van der Waals surface area contributed by atoms with E-state index in [1.54, 1.807) is 24.3 Å². The molecule has 6 nitrogen and oxygen atoms in total. The molecule has 0 saturated carbocycles. The van der Waals surface area contributed by atoms with E-state index in [4.69, 9.17) is 20.8 Å². The Bertz CT molecular complexity index is 1680. The van der Waals surface area contributed by atoms with Crippen LogP contribution in [-0.4, -0.2) is 29.9 Å². The first-order valence-corrected chi connectivity index (χ1v) is 13.1.